The van der Waals surface area contributed by atoms with Crippen LogP contribution in [0.25, 0.3) is 0 Å². The molecule has 1 aromatic rings. The molecule has 1 unspecified atom stereocenters. The maximum Gasteiger partial charge on any atom is 0.337 e. The van der Waals surface area contributed by atoms with Gasteiger partial charge < -0.3 is 10.2 Å². The number of hydrogen-bond donors (Lipinski definition) is 2. The maximum absolute atomic E-state index is 11.3. The third kappa shape index (κ3) is 3.80. The highest BCUT2D eigenvalue weighted by molar-refractivity contribution is 9.08. The number of carboxylic acid groups (broad SMARTS) is 1. The van der Waals surface area contributed by atoms with Crippen LogP contribution in [-0.4, -0.2) is 27.8 Å². The van der Waals surface area contributed by atoms with Gasteiger partial charge in [-0.3, -0.25) is 4.79 Å². The van der Waals surface area contributed by atoms with Crippen molar-refractivity contribution in [3.05, 3.63) is 34.9 Å². The number of Topliss-reactive ketones (excluding diaryl/α,β-unsaturated/α-hetero) is 1. The first kappa shape index (κ1) is 15.1. The second-order valence-electron chi connectivity index (χ2n) is 3.75. The van der Waals surface area contributed by atoms with Gasteiger partial charge in [0, 0.05) is 11.8 Å². The van der Waals surface area contributed by atoms with Gasteiger partial charge in [0.1, 0.15) is 0 Å². The minimum Gasteiger partial charge on any atom is -0.479 e. The fraction of sp³-hybridized carbons (Fsp3) is 0.333. The predicted octanol–water partition coefficient (Wildman–Crippen LogP) is 2.05. The normalized spacial score (nSPS) is 12.2. The van der Waals surface area contributed by atoms with Gasteiger partial charge in [0.15, 0.2) is 11.9 Å². The SMILES string of the molecule is O=C(CCl)Cc1ccc(C(O)C(=O)O)cc1CBr. The maximum atomic E-state index is 11.3. The number of rotatable bonds is 6. The zero-order valence-electron chi connectivity index (χ0n) is 9.40. The average Bonchev–Trinajstić information content (AvgIpc) is 2.37. The topological polar surface area (TPSA) is 74.6 Å². The minimum atomic E-state index is -1.56. The zero-order chi connectivity index (χ0) is 13.7. The lowest BCUT2D eigenvalue weighted by Crippen LogP contribution is -2.12. The molecule has 0 fully saturated rings. The first-order chi connectivity index (χ1) is 8.49. The predicted molar refractivity (Wildman–Crippen MR) is 71.1 cm³/mol. The Morgan fingerprint density at radius 3 is 2.50 bits per heavy atom. The van der Waals surface area contributed by atoms with Gasteiger partial charge in [-0.15, -0.1) is 11.6 Å². The molecule has 0 amide bonds. The standard InChI is InChI=1S/C12H12BrClO4/c13-5-9-3-8(11(16)12(17)18)2-1-7(9)4-10(15)6-14/h1-3,11,16H,4-6H2,(H,17,18). The molecule has 0 aliphatic carbocycles. The average molecular weight is 336 g/mol. The number of ketones is 1. The first-order valence-corrected chi connectivity index (χ1v) is 6.81. The van der Waals surface area contributed by atoms with E-state index in [9.17, 15) is 14.7 Å². The van der Waals surface area contributed by atoms with Crippen LogP contribution >= 0.6 is 27.5 Å². The summed E-state index contributed by atoms with van der Waals surface area (Å²) in [4.78, 5) is 22.0. The van der Waals surface area contributed by atoms with Gasteiger partial charge in [0.05, 0.1) is 5.88 Å². The van der Waals surface area contributed by atoms with Crippen molar-refractivity contribution >= 4 is 39.3 Å². The number of hydrogen-bond acceptors (Lipinski definition) is 3. The van der Waals surface area contributed by atoms with Gasteiger partial charge in [-0.25, -0.2) is 4.79 Å². The Bertz CT molecular complexity index is 461. The largest absolute Gasteiger partial charge is 0.479 e. The zero-order valence-corrected chi connectivity index (χ0v) is 11.7. The van der Waals surface area contributed by atoms with Gasteiger partial charge in [0.25, 0.3) is 0 Å². The quantitative estimate of drug-likeness (QED) is 0.780. The number of halogens is 2. The van der Waals surface area contributed by atoms with Crippen LogP contribution in [0.3, 0.4) is 0 Å². The number of aliphatic carboxylic acids is 1. The van der Waals surface area contributed by atoms with Gasteiger partial charge >= 0.3 is 5.97 Å². The van der Waals surface area contributed by atoms with Crippen LogP contribution < -0.4 is 0 Å². The van der Waals surface area contributed by atoms with Crippen LogP contribution in [0.1, 0.15) is 22.8 Å². The van der Waals surface area contributed by atoms with E-state index in [4.69, 9.17) is 16.7 Å². The summed E-state index contributed by atoms with van der Waals surface area (Å²) in [7, 11) is 0. The lowest BCUT2D eigenvalue weighted by Gasteiger charge is -2.11. The van der Waals surface area contributed by atoms with E-state index in [2.05, 4.69) is 15.9 Å². The van der Waals surface area contributed by atoms with Crippen molar-refractivity contribution in [3.8, 4) is 0 Å². The Kier molecular flexibility index (Phi) is 5.78. The molecule has 18 heavy (non-hydrogen) atoms. The number of carbonyl (C=O) groups excluding carboxylic acids is 1. The van der Waals surface area contributed by atoms with Gasteiger partial charge in [-0.05, 0) is 16.7 Å². The number of benzene rings is 1. The molecule has 0 aliphatic rings. The van der Waals surface area contributed by atoms with Crippen LogP contribution in [0.4, 0.5) is 0 Å². The molecule has 6 heteroatoms. The smallest absolute Gasteiger partial charge is 0.337 e. The molecule has 1 aromatic carbocycles. The van der Waals surface area contributed by atoms with Crippen molar-refractivity contribution in [2.75, 3.05) is 5.88 Å². The lowest BCUT2D eigenvalue weighted by atomic mass is 9.99. The summed E-state index contributed by atoms with van der Waals surface area (Å²) >= 11 is 8.71. The van der Waals surface area contributed by atoms with Gasteiger partial charge in [-0.2, -0.15) is 0 Å². The van der Waals surface area contributed by atoms with Crippen LogP contribution in [0.15, 0.2) is 18.2 Å². The summed E-state index contributed by atoms with van der Waals surface area (Å²) in [5, 5.41) is 18.6. The molecule has 4 nitrogen and oxygen atoms in total. The Hall–Kier alpha value is -0.910. The van der Waals surface area contributed by atoms with E-state index in [1.165, 1.54) is 6.07 Å². The number of carboxylic acids is 1. The van der Waals surface area contributed by atoms with Crippen LogP contribution in [0.2, 0.25) is 0 Å². The van der Waals surface area contributed by atoms with E-state index in [1.54, 1.807) is 12.1 Å². The highest BCUT2D eigenvalue weighted by Crippen LogP contribution is 2.21. The number of alkyl halides is 2. The third-order valence-electron chi connectivity index (χ3n) is 2.46. The number of aliphatic hydroxyl groups is 1. The molecule has 0 saturated carbocycles. The monoisotopic (exact) mass is 334 g/mol. The second kappa shape index (κ2) is 6.87. The molecule has 0 bridgehead atoms. The van der Waals surface area contributed by atoms with Gasteiger partial charge in [-0.1, -0.05) is 34.1 Å². The Labute approximate surface area is 118 Å². The van der Waals surface area contributed by atoms with Crippen molar-refractivity contribution in [2.24, 2.45) is 0 Å². The molecule has 0 aliphatic heterocycles. The molecular formula is C12H12BrClO4. The fourth-order valence-corrected chi connectivity index (χ4v) is 2.13. The highest BCUT2D eigenvalue weighted by atomic mass is 79.9. The number of aliphatic hydroxyl groups excluding tert-OH is 1. The van der Waals surface area contributed by atoms with Crippen molar-refractivity contribution in [1.29, 1.82) is 0 Å². The van der Waals surface area contributed by atoms with E-state index in [1.807, 2.05) is 0 Å². The molecule has 0 radical (unpaired) electrons. The summed E-state index contributed by atoms with van der Waals surface area (Å²) in [6, 6.07) is 4.72. The summed E-state index contributed by atoms with van der Waals surface area (Å²) in [5.74, 6) is -1.47. The van der Waals surface area contributed by atoms with Crippen LogP contribution in [0, 0.1) is 0 Å². The van der Waals surface area contributed by atoms with E-state index in [0.717, 1.165) is 11.1 Å². The molecule has 0 saturated heterocycles. The molecular weight excluding hydrogens is 323 g/mol. The molecule has 0 heterocycles. The van der Waals surface area contributed by atoms with Crippen molar-refractivity contribution in [3.63, 3.8) is 0 Å². The Morgan fingerprint density at radius 2 is 2.00 bits per heavy atom. The van der Waals surface area contributed by atoms with Crippen molar-refractivity contribution in [2.45, 2.75) is 17.9 Å². The lowest BCUT2D eigenvalue weighted by molar-refractivity contribution is -0.147. The molecule has 1 atom stereocenters. The minimum absolute atomic E-state index is 0.0543. The van der Waals surface area contributed by atoms with Crippen molar-refractivity contribution < 1.29 is 19.8 Å². The third-order valence-corrected chi connectivity index (χ3v) is 3.36. The number of carbonyl (C=O) groups is 2. The molecule has 2 N–H and O–H groups in total. The van der Waals surface area contributed by atoms with E-state index in [-0.39, 0.29) is 18.1 Å². The summed E-state index contributed by atoms with van der Waals surface area (Å²) in [6.45, 7) is 0. The second-order valence-corrected chi connectivity index (χ2v) is 4.58. The highest BCUT2D eigenvalue weighted by Gasteiger charge is 2.17. The molecule has 1 rings (SSSR count). The molecule has 0 aromatic heterocycles. The van der Waals surface area contributed by atoms with Crippen LogP contribution in [0.5, 0.6) is 0 Å². The van der Waals surface area contributed by atoms with Crippen LogP contribution in [-0.2, 0) is 21.3 Å². The van der Waals surface area contributed by atoms with Gasteiger partial charge in [0.2, 0.25) is 0 Å². The summed E-state index contributed by atoms with van der Waals surface area (Å²) in [5.41, 5.74) is 1.84. The molecule has 0 spiro atoms. The van der Waals surface area contributed by atoms with E-state index < -0.39 is 12.1 Å². The van der Waals surface area contributed by atoms with E-state index >= 15 is 0 Å². The Balaban J connectivity index is 3.03. The first-order valence-electron chi connectivity index (χ1n) is 5.15. The summed E-state index contributed by atoms with van der Waals surface area (Å²) < 4.78 is 0. The van der Waals surface area contributed by atoms with E-state index in [0.29, 0.717) is 10.9 Å². The molecule has 98 valence electrons. The summed E-state index contributed by atoms with van der Waals surface area (Å²) in [6.07, 6.45) is -1.35. The fourth-order valence-electron chi connectivity index (χ4n) is 1.52. The van der Waals surface area contributed by atoms with Crippen molar-refractivity contribution in [1.82, 2.24) is 0 Å². The Morgan fingerprint density at radius 1 is 1.33 bits per heavy atom.